The van der Waals surface area contributed by atoms with Crippen molar-refractivity contribution < 1.29 is 22.7 Å². The van der Waals surface area contributed by atoms with E-state index >= 15 is 0 Å². The summed E-state index contributed by atoms with van der Waals surface area (Å²) in [4.78, 5) is 16.5. The molecule has 11 heteroatoms. The van der Waals surface area contributed by atoms with E-state index < -0.39 is 34.6 Å². The van der Waals surface area contributed by atoms with Crippen molar-refractivity contribution in [3.63, 3.8) is 0 Å². The second kappa shape index (κ2) is 10.3. The maximum atomic E-state index is 14.2. The predicted octanol–water partition coefficient (Wildman–Crippen LogP) is 4.95. The number of pyridine rings is 1. The Morgan fingerprint density at radius 3 is 2.44 bits per heavy atom. The topological polar surface area (TPSA) is 90.1 Å². The highest BCUT2D eigenvalue weighted by Gasteiger charge is 2.23. The van der Waals surface area contributed by atoms with Crippen LogP contribution >= 0.6 is 23.9 Å². The molecule has 1 aliphatic rings. The van der Waals surface area contributed by atoms with Gasteiger partial charge in [0.1, 0.15) is 34.5 Å². The third-order valence-electron chi connectivity index (χ3n) is 5.06. The molecule has 6 nitrogen and oxygen atoms in total. The van der Waals surface area contributed by atoms with Gasteiger partial charge in [0.05, 0.1) is 17.9 Å². The number of benzene rings is 1. The maximum absolute atomic E-state index is 14.2. The van der Waals surface area contributed by atoms with Crippen molar-refractivity contribution >= 4 is 35.5 Å². The lowest BCUT2D eigenvalue weighted by molar-refractivity contribution is 0.102. The molecule has 1 aliphatic carbocycles. The Balaban J connectivity index is 0.00000289. The second-order valence-corrected chi connectivity index (χ2v) is 8.02. The summed E-state index contributed by atoms with van der Waals surface area (Å²) in [6.07, 6.45) is 4.76. The highest BCUT2D eigenvalue weighted by molar-refractivity contribution is 7.08. The molecule has 1 amide bonds. The second-order valence-electron chi connectivity index (χ2n) is 7.26. The van der Waals surface area contributed by atoms with Crippen LogP contribution in [0, 0.1) is 17.5 Å². The first kappa shape index (κ1) is 24.0. The number of rotatable bonds is 5. The van der Waals surface area contributed by atoms with E-state index in [1.165, 1.54) is 6.20 Å². The van der Waals surface area contributed by atoms with Crippen LogP contribution in [-0.4, -0.2) is 27.4 Å². The Kier molecular flexibility index (Phi) is 7.70. The van der Waals surface area contributed by atoms with Crippen LogP contribution in [0.15, 0.2) is 36.5 Å². The Labute approximate surface area is 192 Å². The van der Waals surface area contributed by atoms with E-state index in [9.17, 15) is 18.0 Å². The number of carbonyl (C=O) groups is 1. The van der Waals surface area contributed by atoms with Gasteiger partial charge in [-0.1, -0.05) is 6.07 Å². The first-order chi connectivity index (χ1) is 14.9. The van der Waals surface area contributed by atoms with E-state index in [4.69, 9.17) is 10.5 Å². The van der Waals surface area contributed by atoms with Gasteiger partial charge in [-0.2, -0.15) is 4.37 Å². The summed E-state index contributed by atoms with van der Waals surface area (Å²) in [6.45, 7) is 0. The van der Waals surface area contributed by atoms with E-state index in [2.05, 4.69) is 14.7 Å². The van der Waals surface area contributed by atoms with E-state index in [-0.39, 0.29) is 30.2 Å². The summed E-state index contributed by atoms with van der Waals surface area (Å²) >= 11 is 1.09. The van der Waals surface area contributed by atoms with E-state index in [1.54, 1.807) is 0 Å². The van der Waals surface area contributed by atoms with Crippen LogP contribution in [0.2, 0.25) is 0 Å². The molecule has 0 radical (unpaired) electrons. The number of hydrogen-bond donors (Lipinski definition) is 2. The third-order valence-corrected chi connectivity index (χ3v) is 5.75. The average Bonchev–Trinajstić information content (AvgIpc) is 3.17. The van der Waals surface area contributed by atoms with Crippen molar-refractivity contribution in [1.29, 1.82) is 0 Å². The first-order valence-electron chi connectivity index (χ1n) is 9.71. The molecular weight excluding hydrogens is 465 g/mol. The number of ether oxygens (including phenoxy) is 1. The molecule has 0 unspecified atom stereocenters. The van der Waals surface area contributed by atoms with Gasteiger partial charge in [0.25, 0.3) is 5.91 Å². The smallest absolute Gasteiger partial charge is 0.274 e. The zero-order valence-electron chi connectivity index (χ0n) is 16.7. The fourth-order valence-electron chi connectivity index (χ4n) is 3.41. The Morgan fingerprint density at radius 2 is 1.75 bits per heavy atom. The molecule has 1 fully saturated rings. The fraction of sp³-hybridized carbons (Fsp3) is 0.286. The Bertz CT molecular complexity index is 1090. The number of aromatic nitrogens is 2. The van der Waals surface area contributed by atoms with E-state index in [0.29, 0.717) is 10.8 Å². The summed E-state index contributed by atoms with van der Waals surface area (Å²) < 4.78 is 52.4. The largest absolute Gasteiger partial charge is 0.478 e. The summed E-state index contributed by atoms with van der Waals surface area (Å²) in [5, 5.41) is 3.06. The number of nitrogens with zero attached hydrogens (tertiary/aromatic N) is 2. The molecule has 1 saturated carbocycles. The van der Waals surface area contributed by atoms with Crippen molar-refractivity contribution in [2.45, 2.75) is 37.8 Å². The van der Waals surface area contributed by atoms with Crippen molar-refractivity contribution in [3.8, 4) is 16.3 Å². The van der Waals surface area contributed by atoms with E-state index in [1.807, 2.05) is 0 Å². The van der Waals surface area contributed by atoms with Gasteiger partial charge in [-0.15, -0.1) is 12.4 Å². The minimum absolute atomic E-state index is 0. The molecule has 3 N–H and O–H groups in total. The number of hydrogen-bond acceptors (Lipinski definition) is 6. The molecule has 2 heterocycles. The van der Waals surface area contributed by atoms with Crippen LogP contribution < -0.4 is 15.8 Å². The number of carbonyl (C=O) groups excluding carboxylic acids is 1. The number of anilines is 1. The van der Waals surface area contributed by atoms with Crippen molar-refractivity contribution in [1.82, 2.24) is 9.36 Å². The summed E-state index contributed by atoms with van der Waals surface area (Å²) in [7, 11) is 0. The van der Waals surface area contributed by atoms with Gasteiger partial charge in [0.15, 0.2) is 0 Å². The summed E-state index contributed by atoms with van der Waals surface area (Å²) in [6, 6.07) is 5.40. The molecule has 32 heavy (non-hydrogen) atoms. The number of halogens is 4. The van der Waals surface area contributed by atoms with Gasteiger partial charge < -0.3 is 15.8 Å². The van der Waals surface area contributed by atoms with Gasteiger partial charge in [-0.05, 0) is 49.9 Å². The lowest BCUT2D eigenvalue weighted by atomic mass is 9.94. The van der Waals surface area contributed by atoms with Crippen molar-refractivity contribution in [2.75, 3.05) is 5.32 Å². The fourth-order valence-corrected chi connectivity index (χ4v) is 4.04. The average molecular weight is 485 g/mol. The highest BCUT2D eigenvalue weighted by atomic mass is 35.5. The standard InChI is InChI=1S/C21H19F3N4O2S.ClH/c22-13-2-1-3-14(23)18(13)19-15(24)8-9-16(27-19)20(29)28-17-10-26-31-21(17)30-12-6-4-11(25)5-7-12;/h1-3,8-12H,4-7,25H2,(H,28,29);1H/t11-,12-;. The highest BCUT2D eigenvalue weighted by Crippen LogP contribution is 2.33. The van der Waals surface area contributed by atoms with Crippen LogP contribution in [0.5, 0.6) is 5.06 Å². The number of nitrogens with one attached hydrogen (secondary N) is 1. The van der Waals surface area contributed by atoms with Gasteiger partial charge in [-0.3, -0.25) is 4.79 Å². The molecule has 0 spiro atoms. The van der Waals surface area contributed by atoms with Crippen LogP contribution in [0.4, 0.5) is 18.9 Å². The van der Waals surface area contributed by atoms with Crippen molar-refractivity contribution in [3.05, 3.63) is 59.7 Å². The van der Waals surface area contributed by atoms with Gasteiger partial charge in [-0.25, -0.2) is 18.2 Å². The van der Waals surface area contributed by atoms with Gasteiger partial charge in [0, 0.05) is 17.6 Å². The zero-order chi connectivity index (χ0) is 22.0. The molecule has 3 aromatic rings. The molecular formula is C21H20ClF3N4O2S. The lowest BCUT2D eigenvalue weighted by Crippen LogP contribution is -2.31. The first-order valence-corrected chi connectivity index (χ1v) is 10.5. The predicted molar refractivity (Wildman–Crippen MR) is 118 cm³/mol. The number of amides is 1. The van der Waals surface area contributed by atoms with Gasteiger partial charge in [0.2, 0.25) is 5.06 Å². The van der Waals surface area contributed by atoms with Gasteiger partial charge >= 0.3 is 0 Å². The molecule has 2 aromatic heterocycles. The quantitative estimate of drug-likeness (QED) is 0.535. The Morgan fingerprint density at radius 1 is 1.06 bits per heavy atom. The molecule has 0 bridgehead atoms. The SMILES string of the molecule is Cl.N[C@H]1CC[C@H](Oc2sncc2NC(=O)c2ccc(F)c(-c3c(F)cccc3F)n2)CC1. The third kappa shape index (κ3) is 5.20. The normalized spacial score (nSPS) is 18.0. The minimum atomic E-state index is -0.978. The van der Waals surface area contributed by atoms with E-state index in [0.717, 1.165) is 67.5 Å². The monoisotopic (exact) mass is 484 g/mol. The maximum Gasteiger partial charge on any atom is 0.274 e. The molecule has 0 atom stereocenters. The zero-order valence-corrected chi connectivity index (χ0v) is 18.3. The molecule has 0 aliphatic heterocycles. The van der Waals surface area contributed by atoms with Crippen LogP contribution in [0.1, 0.15) is 36.2 Å². The number of nitrogens with two attached hydrogens (primary N) is 1. The molecule has 0 saturated heterocycles. The van der Waals surface area contributed by atoms with Crippen LogP contribution in [0.25, 0.3) is 11.3 Å². The minimum Gasteiger partial charge on any atom is -0.478 e. The summed E-state index contributed by atoms with van der Waals surface area (Å²) in [5.74, 6) is -3.59. The Hall–Kier alpha value is -2.69. The molecule has 170 valence electrons. The van der Waals surface area contributed by atoms with Crippen molar-refractivity contribution in [2.24, 2.45) is 5.73 Å². The summed E-state index contributed by atoms with van der Waals surface area (Å²) in [5.41, 5.74) is 4.83. The molecule has 1 aromatic carbocycles. The van der Waals surface area contributed by atoms with Crippen LogP contribution in [0.3, 0.4) is 0 Å². The van der Waals surface area contributed by atoms with Crippen LogP contribution in [-0.2, 0) is 0 Å². The molecule has 4 rings (SSSR count). The lowest BCUT2D eigenvalue weighted by Gasteiger charge is -2.26.